The first kappa shape index (κ1) is 23.3. The van der Waals surface area contributed by atoms with Gasteiger partial charge in [-0.1, -0.05) is 50.1 Å². The van der Waals surface area contributed by atoms with Gasteiger partial charge in [0.05, 0.1) is 0 Å². The van der Waals surface area contributed by atoms with Gasteiger partial charge in [-0.15, -0.1) is 0 Å². The van der Waals surface area contributed by atoms with Crippen molar-refractivity contribution in [1.29, 1.82) is 0 Å². The molecular formula is C28H32ClN3O. The Kier molecular flexibility index (Phi) is 7.34. The van der Waals surface area contributed by atoms with E-state index in [1.54, 1.807) is 0 Å². The molecule has 5 heteroatoms. The van der Waals surface area contributed by atoms with Crippen LogP contribution in [0.4, 0.5) is 5.69 Å². The molecule has 0 bridgehead atoms. The van der Waals surface area contributed by atoms with E-state index >= 15 is 0 Å². The summed E-state index contributed by atoms with van der Waals surface area (Å²) in [4.78, 5) is 9.17. The van der Waals surface area contributed by atoms with E-state index in [0.29, 0.717) is 6.01 Å². The maximum Gasteiger partial charge on any atom is 0.316 e. The second kappa shape index (κ2) is 10.4. The fraction of sp³-hybridized carbons (Fsp3) is 0.357. The number of nitrogens with two attached hydrogens (primary N) is 1. The lowest BCUT2D eigenvalue weighted by atomic mass is 9.88. The van der Waals surface area contributed by atoms with Crippen molar-refractivity contribution in [3.8, 4) is 6.01 Å². The van der Waals surface area contributed by atoms with Gasteiger partial charge in [-0.3, -0.25) is 0 Å². The summed E-state index contributed by atoms with van der Waals surface area (Å²) in [6, 6.07) is 12.9. The number of nitrogen functional groups attached to an aromatic ring is 1. The van der Waals surface area contributed by atoms with Crippen LogP contribution < -0.4 is 10.5 Å². The Bertz CT molecular complexity index is 1150. The second-order valence-electron chi connectivity index (χ2n) is 8.80. The van der Waals surface area contributed by atoms with Gasteiger partial charge in [-0.05, 0) is 90.6 Å². The van der Waals surface area contributed by atoms with Gasteiger partial charge in [0, 0.05) is 28.7 Å². The number of ether oxygens (including phenoxy) is 1. The molecule has 1 aliphatic rings. The monoisotopic (exact) mass is 461 g/mol. The number of hydrogen-bond acceptors (Lipinski definition) is 4. The normalized spacial score (nSPS) is 14.5. The largest absolute Gasteiger partial charge is 0.460 e. The average molecular weight is 462 g/mol. The molecule has 0 amide bonds. The van der Waals surface area contributed by atoms with Crippen molar-refractivity contribution in [2.24, 2.45) is 0 Å². The molecule has 172 valence electrons. The van der Waals surface area contributed by atoms with Crippen LogP contribution in [0.2, 0.25) is 5.02 Å². The molecule has 0 saturated carbocycles. The highest BCUT2D eigenvalue weighted by Crippen LogP contribution is 2.42. The number of aryl methyl sites for hydroxylation is 2. The smallest absolute Gasteiger partial charge is 0.316 e. The Hall–Kier alpha value is -2.85. The number of benzene rings is 2. The number of nitrogens with zero attached hydrogens (tertiary/aromatic N) is 2. The van der Waals surface area contributed by atoms with Crippen LogP contribution in [-0.2, 0) is 6.42 Å². The predicted molar refractivity (Wildman–Crippen MR) is 138 cm³/mol. The van der Waals surface area contributed by atoms with Crippen LogP contribution in [0.3, 0.4) is 0 Å². The molecule has 2 N–H and O–H groups in total. The van der Waals surface area contributed by atoms with Crippen LogP contribution in [0.15, 0.2) is 48.8 Å². The SMILES string of the molecule is CCCC(CC)Oc1ncc(C2=C(c3ccc(C)cc3Cl)CCCc3cc(N)ccc32)cn1. The summed E-state index contributed by atoms with van der Waals surface area (Å²) in [6.07, 6.45) is 9.82. The Morgan fingerprint density at radius 2 is 1.79 bits per heavy atom. The molecule has 0 aliphatic heterocycles. The van der Waals surface area contributed by atoms with Crippen LogP contribution in [0.25, 0.3) is 11.1 Å². The number of aromatic nitrogens is 2. The summed E-state index contributed by atoms with van der Waals surface area (Å²) in [7, 11) is 0. The fourth-order valence-corrected chi connectivity index (χ4v) is 4.94. The third kappa shape index (κ3) is 5.22. The van der Waals surface area contributed by atoms with Gasteiger partial charge in [-0.25, -0.2) is 9.97 Å². The second-order valence-corrected chi connectivity index (χ2v) is 9.21. The summed E-state index contributed by atoms with van der Waals surface area (Å²) in [5, 5.41) is 0.771. The van der Waals surface area contributed by atoms with E-state index in [-0.39, 0.29) is 6.10 Å². The van der Waals surface area contributed by atoms with Crippen molar-refractivity contribution in [3.63, 3.8) is 0 Å². The van der Waals surface area contributed by atoms with Crippen molar-refractivity contribution in [2.75, 3.05) is 5.73 Å². The third-order valence-electron chi connectivity index (χ3n) is 6.28. The van der Waals surface area contributed by atoms with Crippen LogP contribution >= 0.6 is 11.6 Å². The molecule has 0 radical (unpaired) electrons. The van der Waals surface area contributed by atoms with Crippen molar-refractivity contribution >= 4 is 28.4 Å². The molecule has 1 atom stereocenters. The van der Waals surface area contributed by atoms with Gasteiger partial charge in [0.25, 0.3) is 0 Å². The summed E-state index contributed by atoms with van der Waals surface area (Å²) in [5.41, 5.74) is 14.9. The van der Waals surface area contributed by atoms with Crippen molar-refractivity contribution in [2.45, 2.75) is 65.4 Å². The van der Waals surface area contributed by atoms with Crippen LogP contribution in [0, 0.1) is 6.92 Å². The maximum absolute atomic E-state index is 6.74. The van der Waals surface area contributed by atoms with E-state index in [4.69, 9.17) is 22.1 Å². The van der Waals surface area contributed by atoms with Crippen molar-refractivity contribution in [3.05, 3.63) is 81.6 Å². The summed E-state index contributed by atoms with van der Waals surface area (Å²) < 4.78 is 6.02. The average Bonchev–Trinajstić information content (AvgIpc) is 2.98. The molecule has 4 rings (SSSR count). The van der Waals surface area contributed by atoms with E-state index in [2.05, 4.69) is 55.0 Å². The van der Waals surface area contributed by atoms with Gasteiger partial charge < -0.3 is 10.5 Å². The Labute approximate surface area is 201 Å². The Morgan fingerprint density at radius 1 is 1.03 bits per heavy atom. The summed E-state index contributed by atoms with van der Waals surface area (Å²) in [5.74, 6) is 0. The molecule has 4 nitrogen and oxygen atoms in total. The number of allylic oxidation sites excluding steroid dienone is 1. The molecule has 1 aliphatic carbocycles. The van der Waals surface area contributed by atoms with Crippen LogP contribution in [0.5, 0.6) is 6.01 Å². The molecule has 0 fully saturated rings. The summed E-state index contributed by atoms with van der Waals surface area (Å²) >= 11 is 6.74. The molecule has 1 unspecified atom stereocenters. The third-order valence-corrected chi connectivity index (χ3v) is 6.59. The molecular weight excluding hydrogens is 430 g/mol. The van der Waals surface area contributed by atoms with E-state index in [1.807, 2.05) is 24.5 Å². The Balaban J connectivity index is 1.84. The van der Waals surface area contributed by atoms with Crippen molar-refractivity contribution in [1.82, 2.24) is 9.97 Å². The molecule has 3 aromatic rings. The van der Waals surface area contributed by atoms with Gasteiger partial charge in [0.15, 0.2) is 0 Å². The highest BCUT2D eigenvalue weighted by Gasteiger charge is 2.22. The molecule has 0 saturated heterocycles. The lowest BCUT2D eigenvalue weighted by Crippen LogP contribution is -2.16. The number of halogens is 1. The van der Waals surface area contributed by atoms with E-state index in [9.17, 15) is 0 Å². The standard InChI is InChI=1S/C28H32ClN3O/c1-4-7-22(5-2)33-28-31-16-20(17-32-28)27-23-13-11-21(30)15-19(23)8-6-9-25(27)24-12-10-18(3)14-26(24)29/h10-17,22H,4-9,30H2,1-3H3. The zero-order valence-electron chi connectivity index (χ0n) is 19.7. The minimum absolute atomic E-state index is 0.142. The first-order chi connectivity index (χ1) is 16.0. The predicted octanol–water partition coefficient (Wildman–Crippen LogP) is 7.27. The first-order valence-electron chi connectivity index (χ1n) is 11.9. The quantitative estimate of drug-likeness (QED) is 0.375. The fourth-order valence-electron chi connectivity index (χ4n) is 4.60. The topological polar surface area (TPSA) is 61.0 Å². The number of rotatable bonds is 7. The number of fused-ring (bicyclic) bond motifs is 1. The Morgan fingerprint density at radius 3 is 2.48 bits per heavy atom. The molecule has 1 aromatic heterocycles. The zero-order valence-corrected chi connectivity index (χ0v) is 20.5. The van der Waals surface area contributed by atoms with Gasteiger partial charge in [-0.2, -0.15) is 0 Å². The van der Waals surface area contributed by atoms with E-state index in [0.717, 1.165) is 71.5 Å². The molecule has 2 aromatic carbocycles. The van der Waals surface area contributed by atoms with Gasteiger partial charge >= 0.3 is 6.01 Å². The lowest BCUT2D eigenvalue weighted by molar-refractivity contribution is 0.170. The highest BCUT2D eigenvalue weighted by molar-refractivity contribution is 6.32. The van der Waals surface area contributed by atoms with E-state index in [1.165, 1.54) is 16.7 Å². The first-order valence-corrected chi connectivity index (χ1v) is 12.3. The van der Waals surface area contributed by atoms with Crippen LogP contribution in [-0.4, -0.2) is 16.1 Å². The highest BCUT2D eigenvalue weighted by atomic mass is 35.5. The number of anilines is 1. The molecule has 33 heavy (non-hydrogen) atoms. The van der Waals surface area contributed by atoms with E-state index < -0.39 is 0 Å². The van der Waals surface area contributed by atoms with Crippen molar-refractivity contribution < 1.29 is 4.74 Å². The van der Waals surface area contributed by atoms with Gasteiger partial charge in [0.1, 0.15) is 6.10 Å². The summed E-state index contributed by atoms with van der Waals surface area (Å²) in [6.45, 7) is 6.35. The minimum atomic E-state index is 0.142. The van der Waals surface area contributed by atoms with Gasteiger partial charge in [0.2, 0.25) is 0 Å². The maximum atomic E-state index is 6.74. The molecule has 1 heterocycles. The van der Waals surface area contributed by atoms with Crippen LogP contribution in [0.1, 0.15) is 73.8 Å². The molecule has 0 spiro atoms. The number of hydrogen-bond donors (Lipinski definition) is 1. The zero-order chi connectivity index (χ0) is 23.4. The minimum Gasteiger partial charge on any atom is -0.460 e. The lowest BCUT2D eigenvalue weighted by Gasteiger charge is -2.18.